The summed E-state index contributed by atoms with van der Waals surface area (Å²) < 4.78 is 5.88. The number of ether oxygens (including phenoxy) is 1. The van der Waals surface area contributed by atoms with E-state index in [1.807, 2.05) is 0 Å². The van der Waals surface area contributed by atoms with Crippen molar-refractivity contribution in [3.05, 3.63) is 53.1 Å². The Hall–Kier alpha value is -1.76. The smallest absolute Gasteiger partial charge is 0.123 e. The summed E-state index contributed by atoms with van der Waals surface area (Å²) >= 11 is 0. The first-order valence-corrected chi connectivity index (χ1v) is 7.04. The van der Waals surface area contributed by atoms with Gasteiger partial charge in [0.2, 0.25) is 0 Å². The van der Waals surface area contributed by atoms with Crippen LogP contribution in [0.3, 0.4) is 0 Å². The first kappa shape index (κ1) is 11.1. The average Bonchev–Trinajstić information content (AvgIpc) is 2.40. The van der Waals surface area contributed by atoms with Crippen LogP contribution >= 0.6 is 0 Å². The predicted octanol–water partition coefficient (Wildman–Crippen LogP) is 4.26. The predicted molar refractivity (Wildman–Crippen MR) is 77.8 cm³/mol. The van der Waals surface area contributed by atoms with Crippen LogP contribution < -0.4 is 4.74 Å². The Morgan fingerprint density at radius 1 is 1.11 bits per heavy atom. The minimum absolute atomic E-state index is 0.242. The molecule has 1 heteroatoms. The summed E-state index contributed by atoms with van der Waals surface area (Å²) in [6.45, 7) is 5.40. The average molecular weight is 250 g/mol. The van der Waals surface area contributed by atoms with E-state index < -0.39 is 0 Å². The number of hydrogen-bond acceptors (Lipinski definition) is 1. The molecule has 19 heavy (non-hydrogen) atoms. The lowest BCUT2D eigenvalue weighted by atomic mass is 9.66. The highest BCUT2D eigenvalue weighted by atomic mass is 16.5. The van der Waals surface area contributed by atoms with Crippen LogP contribution in [0, 0.1) is 6.92 Å². The maximum atomic E-state index is 5.88. The van der Waals surface area contributed by atoms with Gasteiger partial charge in [0.25, 0.3) is 0 Å². The third kappa shape index (κ3) is 1.48. The molecular weight excluding hydrogens is 232 g/mol. The molecule has 1 unspecified atom stereocenters. The molecule has 2 aromatic rings. The van der Waals surface area contributed by atoms with Crippen LogP contribution in [0.2, 0.25) is 0 Å². The van der Waals surface area contributed by atoms with Crippen LogP contribution in [0.5, 0.6) is 5.75 Å². The van der Waals surface area contributed by atoms with Gasteiger partial charge in [0, 0.05) is 11.0 Å². The van der Waals surface area contributed by atoms with Crippen molar-refractivity contribution in [3.63, 3.8) is 0 Å². The standard InChI is InChI=1S/C18H18O/c1-12-6-7-13-11-18(2)8-9-19-16-5-3-4-14(17(16)18)15(13)10-12/h3-7,10H,8-9,11H2,1-2H3. The van der Waals surface area contributed by atoms with Crippen LogP contribution in [-0.4, -0.2) is 6.61 Å². The number of benzene rings is 2. The van der Waals surface area contributed by atoms with E-state index in [2.05, 4.69) is 50.2 Å². The molecule has 0 N–H and O–H groups in total. The van der Waals surface area contributed by atoms with Crippen LogP contribution in [0.15, 0.2) is 36.4 Å². The van der Waals surface area contributed by atoms with Gasteiger partial charge >= 0.3 is 0 Å². The van der Waals surface area contributed by atoms with E-state index in [0.29, 0.717) is 0 Å². The lowest BCUT2D eigenvalue weighted by molar-refractivity contribution is 0.222. The minimum atomic E-state index is 0.242. The van der Waals surface area contributed by atoms with E-state index in [9.17, 15) is 0 Å². The summed E-state index contributed by atoms with van der Waals surface area (Å²) in [5, 5.41) is 0. The zero-order valence-corrected chi connectivity index (χ0v) is 11.5. The highest BCUT2D eigenvalue weighted by molar-refractivity contribution is 5.78. The Balaban J connectivity index is 2.07. The molecule has 0 radical (unpaired) electrons. The summed E-state index contributed by atoms with van der Waals surface area (Å²) in [4.78, 5) is 0. The number of aryl methyl sites for hydroxylation is 1. The third-order valence-electron chi connectivity index (χ3n) is 4.68. The fourth-order valence-corrected chi connectivity index (χ4v) is 3.70. The van der Waals surface area contributed by atoms with Crippen molar-refractivity contribution < 1.29 is 4.74 Å². The molecule has 1 aliphatic carbocycles. The summed E-state index contributed by atoms with van der Waals surface area (Å²) in [6, 6.07) is 13.4. The van der Waals surface area contributed by atoms with E-state index in [0.717, 1.165) is 25.2 Å². The molecule has 0 spiro atoms. The SMILES string of the molecule is Cc1ccc2c(c1)-c1cccc3c1C(C)(CCO3)C2. The maximum absolute atomic E-state index is 5.88. The summed E-state index contributed by atoms with van der Waals surface area (Å²) in [5.41, 5.74) is 7.27. The third-order valence-corrected chi connectivity index (χ3v) is 4.68. The second-order valence-electron chi connectivity index (χ2n) is 6.18. The fourth-order valence-electron chi connectivity index (χ4n) is 3.70. The van der Waals surface area contributed by atoms with Crippen molar-refractivity contribution in [3.8, 4) is 16.9 Å². The van der Waals surface area contributed by atoms with Gasteiger partial charge in [-0.2, -0.15) is 0 Å². The first-order chi connectivity index (χ1) is 9.17. The molecule has 0 saturated carbocycles. The van der Waals surface area contributed by atoms with Crippen LogP contribution in [-0.2, 0) is 11.8 Å². The van der Waals surface area contributed by atoms with Crippen LogP contribution in [0.4, 0.5) is 0 Å². The largest absolute Gasteiger partial charge is 0.493 e. The molecule has 1 aliphatic heterocycles. The Morgan fingerprint density at radius 3 is 2.89 bits per heavy atom. The highest BCUT2D eigenvalue weighted by Gasteiger charge is 2.39. The molecular formula is C18H18O. The molecule has 2 aromatic carbocycles. The molecule has 0 fully saturated rings. The van der Waals surface area contributed by atoms with Gasteiger partial charge in [0.15, 0.2) is 0 Å². The Morgan fingerprint density at radius 2 is 2.00 bits per heavy atom. The van der Waals surface area contributed by atoms with E-state index >= 15 is 0 Å². The maximum Gasteiger partial charge on any atom is 0.123 e. The van der Waals surface area contributed by atoms with Gasteiger partial charge in [-0.15, -0.1) is 0 Å². The molecule has 0 amide bonds. The molecule has 0 saturated heterocycles. The van der Waals surface area contributed by atoms with Crippen molar-refractivity contribution in [2.45, 2.75) is 32.1 Å². The Kier molecular flexibility index (Phi) is 2.12. The second-order valence-corrected chi connectivity index (χ2v) is 6.18. The Bertz CT molecular complexity index is 671. The fraction of sp³-hybridized carbons (Fsp3) is 0.333. The van der Waals surface area contributed by atoms with Crippen molar-refractivity contribution in [2.24, 2.45) is 0 Å². The van der Waals surface area contributed by atoms with Crippen molar-refractivity contribution in [1.29, 1.82) is 0 Å². The minimum Gasteiger partial charge on any atom is -0.493 e. The van der Waals surface area contributed by atoms with E-state index in [-0.39, 0.29) is 5.41 Å². The summed E-state index contributed by atoms with van der Waals surface area (Å²) in [5.74, 6) is 1.10. The zero-order valence-electron chi connectivity index (χ0n) is 11.5. The molecule has 0 aromatic heterocycles. The first-order valence-electron chi connectivity index (χ1n) is 7.04. The van der Waals surface area contributed by atoms with Gasteiger partial charge in [-0.25, -0.2) is 0 Å². The monoisotopic (exact) mass is 250 g/mol. The van der Waals surface area contributed by atoms with E-state index in [1.54, 1.807) is 0 Å². The number of hydrogen-bond donors (Lipinski definition) is 0. The molecule has 1 nitrogen and oxygen atoms in total. The zero-order chi connectivity index (χ0) is 13.0. The quantitative estimate of drug-likeness (QED) is 0.679. The van der Waals surface area contributed by atoms with Gasteiger partial charge in [-0.1, -0.05) is 42.8 Å². The van der Waals surface area contributed by atoms with Crippen molar-refractivity contribution in [2.75, 3.05) is 6.61 Å². The number of fused-ring (bicyclic) bond motifs is 2. The molecule has 2 aliphatic rings. The molecule has 1 heterocycles. The van der Waals surface area contributed by atoms with Crippen LogP contribution in [0.25, 0.3) is 11.1 Å². The van der Waals surface area contributed by atoms with Crippen molar-refractivity contribution >= 4 is 0 Å². The van der Waals surface area contributed by atoms with Crippen LogP contribution in [0.1, 0.15) is 30.0 Å². The molecule has 0 bridgehead atoms. The second kappa shape index (κ2) is 3.63. The molecule has 96 valence electrons. The number of rotatable bonds is 0. The van der Waals surface area contributed by atoms with Gasteiger partial charge in [-0.3, -0.25) is 0 Å². The summed E-state index contributed by atoms with van der Waals surface area (Å²) in [6.07, 6.45) is 2.25. The van der Waals surface area contributed by atoms with Gasteiger partial charge in [0.05, 0.1) is 6.61 Å². The van der Waals surface area contributed by atoms with E-state index in [1.165, 1.54) is 27.8 Å². The van der Waals surface area contributed by atoms with E-state index in [4.69, 9.17) is 4.74 Å². The summed E-state index contributed by atoms with van der Waals surface area (Å²) in [7, 11) is 0. The Labute approximate surface area is 114 Å². The van der Waals surface area contributed by atoms with Gasteiger partial charge < -0.3 is 4.74 Å². The lowest BCUT2D eigenvalue weighted by Crippen LogP contribution is -2.35. The van der Waals surface area contributed by atoms with Crippen molar-refractivity contribution in [1.82, 2.24) is 0 Å². The van der Waals surface area contributed by atoms with Gasteiger partial charge in [0.1, 0.15) is 5.75 Å². The van der Waals surface area contributed by atoms with Gasteiger partial charge in [-0.05, 0) is 42.5 Å². The lowest BCUT2D eigenvalue weighted by Gasteiger charge is -2.41. The highest BCUT2D eigenvalue weighted by Crippen LogP contribution is 2.50. The normalized spacial score (nSPS) is 23.3. The topological polar surface area (TPSA) is 9.23 Å². The molecule has 4 rings (SSSR count). The molecule has 1 atom stereocenters.